The summed E-state index contributed by atoms with van der Waals surface area (Å²) in [6, 6.07) is 1.96. The fourth-order valence-corrected chi connectivity index (χ4v) is 1.13. The van der Waals surface area contributed by atoms with Crippen LogP contribution in [0, 0.1) is 18.3 Å². The van der Waals surface area contributed by atoms with Crippen molar-refractivity contribution in [3.8, 4) is 6.07 Å². The highest BCUT2D eigenvalue weighted by Crippen LogP contribution is 2.36. The summed E-state index contributed by atoms with van der Waals surface area (Å²) >= 11 is 0. The lowest BCUT2D eigenvalue weighted by Gasteiger charge is -2.12. The van der Waals surface area contributed by atoms with E-state index in [1.165, 1.54) is 13.0 Å². The monoisotopic (exact) mass is 236 g/mol. The molecule has 0 radical (unpaired) electrons. The summed E-state index contributed by atoms with van der Waals surface area (Å²) in [4.78, 5) is 3.03. The van der Waals surface area contributed by atoms with E-state index >= 15 is 0 Å². The first-order chi connectivity index (χ1) is 7.27. The largest absolute Gasteiger partial charge is 0.418 e. The Kier molecular flexibility index (Phi) is 3.12. The van der Waals surface area contributed by atoms with Crippen LogP contribution in [-0.4, -0.2) is 4.98 Å². The number of halogens is 5. The Morgan fingerprint density at radius 1 is 1.38 bits per heavy atom. The van der Waals surface area contributed by atoms with E-state index in [0.717, 1.165) is 0 Å². The summed E-state index contributed by atoms with van der Waals surface area (Å²) in [6.07, 6.45) is -8.28. The minimum atomic E-state index is -4.91. The molecule has 7 heteroatoms. The number of rotatable bonds is 1. The first-order valence-corrected chi connectivity index (χ1v) is 4.04. The highest BCUT2D eigenvalue weighted by molar-refractivity contribution is 5.38. The number of nitriles is 1. The fraction of sp³-hybridized carbons (Fsp3) is 0.333. The van der Waals surface area contributed by atoms with Gasteiger partial charge in [0.05, 0.1) is 5.56 Å². The molecule has 0 N–H and O–H groups in total. The van der Waals surface area contributed by atoms with E-state index in [0.29, 0.717) is 6.07 Å². The molecule has 0 aromatic carbocycles. The molecular weight excluding hydrogens is 231 g/mol. The minimum Gasteiger partial charge on any atom is -0.235 e. The molecule has 0 saturated heterocycles. The number of pyridine rings is 1. The SMILES string of the molecule is Cc1cc(C(F)(F)F)c(C(F)F)nc1C#N. The molecule has 1 rings (SSSR count). The average molecular weight is 236 g/mol. The molecular formula is C9H5F5N2. The predicted molar refractivity (Wildman–Crippen MR) is 43.6 cm³/mol. The van der Waals surface area contributed by atoms with Gasteiger partial charge in [0.2, 0.25) is 0 Å². The van der Waals surface area contributed by atoms with Crippen molar-refractivity contribution in [2.45, 2.75) is 19.5 Å². The molecule has 1 aromatic rings. The summed E-state index contributed by atoms with van der Waals surface area (Å²) in [7, 11) is 0. The lowest BCUT2D eigenvalue weighted by atomic mass is 10.1. The lowest BCUT2D eigenvalue weighted by molar-refractivity contribution is -0.140. The quantitative estimate of drug-likeness (QED) is 0.702. The number of aryl methyl sites for hydroxylation is 1. The van der Waals surface area contributed by atoms with Crippen molar-refractivity contribution in [3.63, 3.8) is 0 Å². The molecule has 0 aliphatic rings. The van der Waals surface area contributed by atoms with E-state index in [1.807, 2.05) is 0 Å². The van der Waals surface area contributed by atoms with Crippen LogP contribution >= 0.6 is 0 Å². The molecule has 0 amide bonds. The van der Waals surface area contributed by atoms with Gasteiger partial charge in [0, 0.05) is 0 Å². The Hall–Kier alpha value is -1.71. The minimum absolute atomic E-state index is 0.0841. The van der Waals surface area contributed by atoms with Crippen molar-refractivity contribution in [2.24, 2.45) is 0 Å². The van der Waals surface area contributed by atoms with Crippen LogP contribution in [0.15, 0.2) is 6.07 Å². The van der Waals surface area contributed by atoms with Crippen LogP contribution in [0.1, 0.15) is 28.9 Å². The van der Waals surface area contributed by atoms with E-state index in [-0.39, 0.29) is 5.56 Å². The highest BCUT2D eigenvalue weighted by Gasteiger charge is 2.37. The van der Waals surface area contributed by atoms with Crippen molar-refractivity contribution in [2.75, 3.05) is 0 Å². The van der Waals surface area contributed by atoms with Gasteiger partial charge in [0.15, 0.2) is 0 Å². The molecule has 1 aromatic heterocycles. The first kappa shape index (κ1) is 12.4. The molecule has 1 heterocycles. The molecule has 0 spiro atoms. The van der Waals surface area contributed by atoms with Gasteiger partial charge in [-0.05, 0) is 18.6 Å². The highest BCUT2D eigenvalue weighted by atomic mass is 19.4. The number of hydrogen-bond donors (Lipinski definition) is 0. The molecule has 86 valence electrons. The van der Waals surface area contributed by atoms with Gasteiger partial charge in [-0.1, -0.05) is 0 Å². The zero-order valence-corrected chi connectivity index (χ0v) is 7.94. The van der Waals surface area contributed by atoms with Crippen LogP contribution in [0.4, 0.5) is 22.0 Å². The number of aromatic nitrogens is 1. The number of nitrogens with zero attached hydrogens (tertiary/aromatic N) is 2. The topological polar surface area (TPSA) is 36.7 Å². The Morgan fingerprint density at radius 3 is 2.31 bits per heavy atom. The van der Waals surface area contributed by atoms with Crippen molar-refractivity contribution < 1.29 is 22.0 Å². The summed E-state index contributed by atoms with van der Waals surface area (Å²) in [5, 5.41) is 8.48. The molecule has 0 unspecified atom stereocenters. The summed E-state index contributed by atoms with van der Waals surface area (Å²) in [5.41, 5.74) is -3.42. The standard InChI is InChI=1S/C9H5F5N2/c1-4-2-5(9(12,13)14)7(8(10)11)16-6(4)3-15/h2,8H,1H3. The maximum absolute atomic E-state index is 12.4. The Balaban J connectivity index is 3.50. The van der Waals surface area contributed by atoms with Crippen molar-refractivity contribution in [1.29, 1.82) is 5.26 Å². The van der Waals surface area contributed by atoms with Gasteiger partial charge in [0.25, 0.3) is 6.43 Å². The van der Waals surface area contributed by atoms with E-state index in [1.54, 1.807) is 0 Å². The van der Waals surface area contributed by atoms with Gasteiger partial charge in [-0.2, -0.15) is 18.4 Å². The van der Waals surface area contributed by atoms with Crippen molar-refractivity contribution in [3.05, 3.63) is 28.6 Å². The van der Waals surface area contributed by atoms with E-state index in [9.17, 15) is 22.0 Å². The zero-order valence-electron chi connectivity index (χ0n) is 7.94. The third kappa shape index (κ3) is 2.27. The maximum Gasteiger partial charge on any atom is 0.418 e. The van der Waals surface area contributed by atoms with Gasteiger partial charge in [0.1, 0.15) is 17.5 Å². The summed E-state index contributed by atoms with van der Waals surface area (Å²) in [6.45, 7) is 1.20. The van der Waals surface area contributed by atoms with Crippen LogP contribution in [0.25, 0.3) is 0 Å². The van der Waals surface area contributed by atoms with Gasteiger partial charge >= 0.3 is 6.18 Å². The molecule has 0 atom stereocenters. The van der Waals surface area contributed by atoms with E-state index < -0.39 is 29.6 Å². The number of alkyl halides is 5. The molecule has 2 nitrogen and oxygen atoms in total. The molecule has 16 heavy (non-hydrogen) atoms. The number of hydrogen-bond acceptors (Lipinski definition) is 2. The van der Waals surface area contributed by atoms with Gasteiger partial charge < -0.3 is 0 Å². The maximum atomic E-state index is 12.4. The fourth-order valence-electron chi connectivity index (χ4n) is 1.13. The van der Waals surface area contributed by atoms with Crippen molar-refractivity contribution >= 4 is 0 Å². The van der Waals surface area contributed by atoms with Crippen LogP contribution in [0.5, 0.6) is 0 Å². The summed E-state index contributed by atoms with van der Waals surface area (Å²) in [5.74, 6) is 0. The second-order valence-electron chi connectivity index (χ2n) is 3.00. The Morgan fingerprint density at radius 2 is 1.94 bits per heavy atom. The van der Waals surface area contributed by atoms with Crippen LogP contribution in [0.3, 0.4) is 0 Å². The third-order valence-electron chi connectivity index (χ3n) is 1.86. The van der Waals surface area contributed by atoms with Crippen molar-refractivity contribution in [1.82, 2.24) is 4.98 Å². The molecule has 0 saturated carbocycles. The van der Waals surface area contributed by atoms with Crippen LogP contribution in [-0.2, 0) is 6.18 Å². The second kappa shape index (κ2) is 4.04. The molecule has 0 aliphatic carbocycles. The zero-order chi connectivity index (χ0) is 12.5. The first-order valence-electron chi connectivity index (χ1n) is 4.04. The van der Waals surface area contributed by atoms with Crippen LogP contribution < -0.4 is 0 Å². The lowest BCUT2D eigenvalue weighted by Crippen LogP contribution is -2.13. The molecule has 0 fully saturated rings. The molecule has 0 aliphatic heterocycles. The molecule has 0 bridgehead atoms. The Bertz CT molecular complexity index is 444. The van der Waals surface area contributed by atoms with Gasteiger partial charge in [-0.25, -0.2) is 13.8 Å². The third-order valence-corrected chi connectivity index (χ3v) is 1.86. The van der Waals surface area contributed by atoms with Gasteiger partial charge in [-0.15, -0.1) is 0 Å². The second-order valence-corrected chi connectivity index (χ2v) is 3.00. The predicted octanol–water partition coefficient (Wildman–Crippen LogP) is 3.22. The smallest absolute Gasteiger partial charge is 0.235 e. The van der Waals surface area contributed by atoms with E-state index in [4.69, 9.17) is 5.26 Å². The van der Waals surface area contributed by atoms with Crippen LogP contribution in [0.2, 0.25) is 0 Å². The normalized spacial score (nSPS) is 11.6. The average Bonchev–Trinajstić information content (AvgIpc) is 2.15. The summed E-state index contributed by atoms with van der Waals surface area (Å²) < 4.78 is 61.8. The van der Waals surface area contributed by atoms with Gasteiger partial charge in [-0.3, -0.25) is 0 Å². The Labute approximate surface area is 87.3 Å². The van der Waals surface area contributed by atoms with E-state index in [2.05, 4.69) is 4.98 Å².